The Balaban J connectivity index is 1.72. The molecule has 0 bridgehead atoms. The maximum absolute atomic E-state index is 13.8. The van der Waals surface area contributed by atoms with Crippen LogP contribution in [0.1, 0.15) is 44.4 Å². The molecule has 0 aliphatic carbocycles. The summed E-state index contributed by atoms with van der Waals surface area (Å²) in [5, 5.41) is 0.261. The van der Waals surface area contributed by atoms with Crippen LogP contribution in [-0.2, 0) is 11.0 Å². The zero-order chi connectivity index (χ0) is 27.4. The van der Waals surface area contributed by atoms with Gasteiger partial charge in [-0.1, -0.05) is 18.2 Å². The molecule has 194 valence electrons. The fourth-order valence-electron chi connectivity index (χ4n) is 4.54. The summed E-state index contributed by atoms with van der Waals surface area (Å²) in [6.07, 6.45) is -4.64. The molecule has 0 spiro atoms. The van der Waals surface area contributed by atoms with Crippen molar-refractivity contribution in [2.75, 3.05) is 11.5 Å². The van der Waals surface area contributed by atoms with Crippen LogP contribution in [0.4, 0.5) is 18.9 Å². The van der Waals surface area contributed by atoms with Crippen LogP contribution in [0.3, 0.4) is 0 Å². The number of anilines is 1. The molecule has 1 atom stereocenters. The Morgan fingerprint density at radius 1 is 1.03 bits per heavy atom. The summed E-state index contributed by atoms with van der Waals surface area (Å²) < 4.78 is 51.8. The number of ether oxygens (including phenoxy) is 1. The van der Waals surface area contributed by atoms with Crippen molar-refractivity contribution in [3.05, 3.63) is 104 Å². The molecule has 2 amide bonds. The van der Waals surface area contributed by atoms with E-state index in [-0.39, 0.29) is 34.6 Å². The Hall–Kier alpha value is -4.60. The number of aryl methyl sites for hydroxylation is 2. The molecule has 1 aliphatic heterocycles. The second kappa shape index (κ2) is 9.05. The first-order chi connectivity index (χ1) is 18.0. The van der Waals surface area contributed by atoms with Crippen LogP contribution in [0, 0.1) is 13.8 Å². The number of benzene rings is 3. The maximum atomic E-state index is 13.8. The van der Waals surface area contributed by atoms with Crippen molar-refractivity contribution in [1.82, 2.24) is 0 Å². The highest BCUT2D eigenvalue weighted by molar-refractivity contribution is 6.10. The molecule has 4 aromatic rings. The van der Waals surface area contributed by atoms with Crippen molar-refractivity contribution in [3.63, 3.8) is 0 Å². The number of nitrogens with two attached hydrogens (primary N) is 1. The molecule has 1 unspecified atom stereocenters. The molecule has 38 heavy (non-hydrogen) atoms. The molecule has 5 rings (SSSR count). The topological polar surface area (TPSA) is 103 Å². The molecule has 10 heteroatoms. The van der Waals surface area contributed by atoms with Crippen molar-refractivity contribution in [1.29, 1.82) is 0 Å². The molecule has 2 N–H and O–H groups in total. The van der Waals surface area contributed by atoms with Gasteiger partial charge in [0.05, 0.1) is 22.6 Å². The van der Waals surface area contributed by atoms with E-state index in [1.807, 2.05) is 13.8 Å². The van der Waals surface area contributed by atoms with Gasteiger partial charge in [-0.15, -0.1) is 0 Å². The Morgan fingerprint density at radius 3 is 2.37 bits per heavy atom. The number of rotatable bonds is 5. The van der Waals surface area contributed by atoms with Gasteiger partial charge < -0.3 is 14.9 Å². The largest absolute Gasteiger partial charge is 0.484 e. The first kappa shape index (κ1) is 25.1. The highest BCUT2D eigenvalue weighted by Crippen LogP contribution is 2.43. The molecule has 3 aromatic carbocycles. The van der Waals surface area contributed by atoms with E-state index in [9.17, 15) is 27.6 Å². The van der Waals surface area contributed by atoms with Crippen LogP contribution >= 0.6 is 0 Å². The van der Waals surface area contributed by atoms with Gasteiger partial charge >= 0.3 is 6.18 Å². The van der Waals surface area contributed by atoms with Gasteiger partial charge in [0.2, 0.25) is 5.76 Å². The summed E-state index contributed by atoms with van der Waals surface area (Å²) in [5.41, 5.74) is 6.03. The zero-order valence-electron chi connectivity index (χ0n) is 20.3. The van der Waals surface area contributed by atoms with Crippen molar-refractivity contribution >= 4 is 28.5 Å². The van der Waals surface area contributed by atoms with E-state index in [0.29, 0.717) is 11.3 Å². The minimum Gasteiger partial charge on any atom is -0.484 e. The van der Waals surface area contributed by atoms with Crippen molar-refractivity contribution in [2.45, 2.75) is 26.1 Å². The van der Waals surface area contributed by atoms with E-state index in [1.54, 1.807) is 24.3 Å². The minimum absolute atomic E-state index is 0.0222. The van der Waals surface area contributed by atoms with Gasteiger partial charge in [0.15, 0.2) is 12.0 Å². The Kier molecular flexibility index (Phi) is 5.97. The fraction of sp³-hybridized carbons (Fsp3) is 0.179. The molecule has 1 aliphatic rings. The average Bonchev–Trinajstić information content (AvgIpc) is 3.16. The second-order valence-electron chi connectivity index (χ2n) is 9.06. The van der Waals surface area contributed by atoms with Crippen molar-refractivity contribution < 1.29 is 31.9 Å². The quantitative estimate of drug-likeness (QED) is 0.396. The van der Waals surface area contributed by atoms with Gasteiger partial charge in [-0.25, -0.2) is 0 Å². The number of hydrogen-bond acceptors (Lipinski definition) is 5. The van der Waals surface area contributed by atoms with Crippen LogP contribution < -0.4 is 20.8 Å². The number of amides is 2. The van der Waals surface area contributed by atoms with E-state index in [4.69, 9.17) is 14.9 Å². The molecule has 0 saturated carbocycles. The third-order valence-electron chi connectivity index (χ3n) is 6.52. The molecule has 0 saturated heterocycles. The number of carbonyl (C=O) groups is 2. The first-order valence-corrected chi connectivity index (χ1v) is 11.6. The Morgan fingerprint density at radius 2 is 1.71 bits per heavy atom. The first-order valence-electron chi connectivity index (χ1n) is 11.6. The lowest BCUT2D eigenvalue weighted by molar-refractivity contribution is -0.137. The third-order valence-corrected chi connectivity index (χ3v) is 6.52. The summed E-state index contributed by atoms with van der Waals surface area (Å²) >= 11 is 0. The lowest BCUT2D eigenvalue weighted by Gasteiger charge is -2.26. The number of halogens is 3. The smallest absolute Gasteiger partial charge is 0.416 e. The fourth-order valence-corrected chi connectivity index (χ4v) is 4.54. The van der Waals surface area contributed by atoms with Crippen molar-refractivity contribution in [3.8, 4) is 5.75 Å². The van der Waals surface area contributed by atoms with Crippen LogP contribution in [0.15, 0.2) is 69.9 Å². The van der Waals surface area contributed by atoms with Crippen LogP contribution in [0.25, 0.3) is 11.0 Å². The van der Waals surface area contributed by atoms with Crippen molar-refractivity contribution in [2.24, 2.45) is 5.73 Å². The van der Waals surface area contributed by atoms with E-state index in [1.165, 1.54) is 24.3 Å². The van der Waals surface area contributed by atoms with Gasteiger partial charge in [0, 0.05) is 5.69 Å². The summed E-state index contributed by atoms with van der Waals surface area (Å²) in [7, 11) is 0. The lowest BCUT2D eigenvalue weighted by atomic mass is 9.97. The normalized spacial score (nSPS) is 15.1. The summed E-state index contributed by atoms with van der Waals surface area (Å²) in [6, 6.07) is 12.7. The number of carbonyl (C=O) groups excluding carboxylic acids is 2. The standard InChI is InChI=1S/C28H21F3N2O5/c1-14-10-20-21(11-15(14)2)38-26-23(25(20)35)24(16-6-8-19(9-7-16)37-13-22(32)34)33(27(26)36)18-5-3-4-17(12-18)28(29,30)31/h3-12,24H,13H2,1-2H3,(H2,32,34). The molecule has 0 radical (unpaired) electrons. The second-order valence-corrected chi connectivity index (χ2v) is 9.06. The molecule has 2 heterocycles. The number of alkyl halides is 3. The molecular weight excluding hydrogens is 501 g/mol. The monoisotopic (exact) mass is 522 g/mol. The number of hydrogen-bond donors (Lipinski definition) is 1. The van der Waals surface area contributed by atoms with E-state index in [0.717, 1.165) is 28.2 Å². The van der Waals surface area contributed by atoms with Crippen LogP contribution in [0.2, 0.25) is 0 Å². The average molecular weight is 522 g/mol. The summed E-state index contributed by atoms with van der Waals surface area (Å²) in [4.78, 5) is 39.6. The SMILES string of the molecule is Cc1cc2oc3c(c(=O)c2cc1C)C(c1ccc(OCC(N)=O)cc1)N(c1cccc(C(F)(F)F)c1)C3=O. The molecular formula is C28H21F3N2O5. The van der Waals surface area contributed by atoms with Gasteiger partial charge in [0.25, 0.3) is 11.8 Å². The third kappa shape index (κ3) is 4.27. The predicted molar refractivity (Wildman–Crippen MR) is 133 cm³/mol. The van der Waals surface area contributed by atoms with E-state index in [2.05, 4.69) is 0 Å². The highest BCUT2D eigenvalue weighted by atomic mass is 19.4. The summed E-state index contributed by atoms with van der Waals surface area (Å²) in [6.45, 7) is 3.32. The predicted octanol–water partition coefficient (Wildman–Crippen LogP) is 5.04. The van der Waals surface area contributed by atoms with Gasteiger partial charge in [0.1, 0.15) is 11.3 Å². The number of nitrogens with zero attached hydrogens (tertiary/aromatic N) is 1. The number of primary amides is 1. The highest BCUT2D eigenvalue weighted by Gasteiger charge is 2.44. The van der Waals surface area contributed by atoms with Gasteiger partial charge in [-0.2, -0.15) is 13.2 Å². The Bertz CT molecular complexity index is 1660. The molecule has 1 aromatic heterocycles. The zero-order valence-corrected chi connectivity index (χ0v) is 20.3. The van der Waals surface area contributed by atoms with Crippen LogP contribution in [0.5, 0.6) is 5.75 Å². The number of fused-ring (bicyclic) bond motifs is 2. The van der Waals surface area contributed by atoms with Crippen LogP contribution in [-0.4, -0.2) is 18.4 Å². The van der Waals surface area contributed by atoms with Gasteiger partial charge in [-0.3, -0.25) is 19.3 Å². The maximum Gasteiger partial charge on any atom is 0.416 e. The van der Waals surface area contributed by atoms with E-state index < -0.39 is 35.0 Å². The molecule has 0 fully saturated rings. The lowest BCUT2D eigenvalue weighted by Crippen LogP contribution is -2.29. The minimum atomic E-state index is -4.64. The van der Waals surface area contributed by atoms with E-state index >= 15 is 0 Å². The Labute approximate surface area is 214 Å². The summed E-state index contributed by atoms with van der Waals surface area (Å²) in [5.74, 6) is -1.34. The molecule has 7 nitrogen and oxygen atoms in total. The van der Waals surface area contributed by atoms with Gasteiger partial charge in [-0.05, 0) is 73.0 Å².